The summed E-state index contributed by atoms with van der Waals surface area (Å²) in [5, 5.41) is -0.0588. The third-order valence-corrected chi connectivity index (χ3v) is 6.16. The molecule has 0 spiro atoms. The highest BCUT2D eigenvalue weighted by Gasteiger charge is 2.49. The molecule has 5 unspecified atom stereocenters. The van der Waals surface area contributed by atoms with Crippen molar-refractivity contribution in [1.29, 1.82) is 0 Å². The molecule has 1 amide bonds. The van der Waals surface area contributed by atoms with E-state index in [1.165, 1.54) is 12.8 Å². The molecule has 2 saturated carbocycles. The second-order valence-corrected chi connectivity index (χ2v) is 7.91. The summed E-state index contributed by atoms with van der Waals surface area (Å²) in [5.41, 5.74) is 0.876. The Kier molecular flexibility index (Phi) is 4.52. The van der Waals surface area contributed by atoms with Crippen LogP contribution in [0.5, 0.6) is 0 Å². The highest BCUT2D eigenvalue weighted by Crippen LogP contribution is 2.42. The Hall–Kier alpha value is -1.13. The second-order valence-electron chi connectivity index (χ2n) is 7.35. The number of carbonyl (C=O) groups excluding carboxylic acids is 1. The fraction of sp³-hybridized carbons (Fsp3) is 0.632. The molecule has 130 valence electrons. The standard InChI is InChI=1S/C19H24ClFN2O/c20-16-12-15(16)19(24)23(14-6-2-1-3-7-14)18-11-13(21)10-17(18)22-8-4-5-9-22/h1-3,6-7,13,15-18H,4-5,8-12H2. The van der Waals surface area contributed by atoms with Gasteiger partial charge in [-0.15, -0.1) is 11.6 Å². The first-order valence-corrected chi connectivity index (χ1v) is 9.49. The number of benzene rings is 1. The molecule has 1 heterocycles. The third kappa shape index (κ3) is 3.06. The van der Waals surface area contributed by atoms with Crippen molar-refractivity contribution in [2.75, 3.05) is 18.0 Å². The zero-order chi connectivity index (χ0) is 16.7. The van der Waals surface area contributed by atoms with Crippen molar-refractivity contribution in [3.8, 4) is 0 Å². The molecule has 5 heteroatoms. The quantitative estimate of drug-likeness (QED) is 0.774. The van der Waals surface area contributed by atoms with Gasteiger partial charge in [-0.1, -0.05) is 18.2 Å². The molecule has 0 aromatic heterocycles. The van der Waals surface area contributed by atoms with Crippen LogP contribution in [0.2, 0.25) is 0 Å². The highest BCUT2D eigenvalue weighted by atomic mass is 35.5. The summed E-state index contributed by atoms with van der Waals surface area (Å²) in [5.74, 6) is -0.0331. The van der Waals surface area contributed by atoms with Gasteiger partial charge < -0.3 is 4.90 Å². The Morgan fingerprint density at radius 2 is 1.79 bits per heavy atom. The molecule has 2 aliphatic carbocycles. The molecule has 0 N–H and O–H groups in total. The molecule has 0 bridgehead atoms. The van der Waals surface area contributed by atoms with Gasteiger partial charge >= 0.3 is 0 Å². The number of para-hydroxylation sites is 1. The third-order valence-electron chi connectivity index (χ3n) is 5.68. The molecule has 1 aromatic rings. The van der Waals surface area contributed by atoms with Gasteiger partial charge in [0.25, 0.3) is 0 Å². The van der Waals surface area contributed by atoms with Crippen molar-refractivity contribution in [2.24, 2.45) is 5.92 Å². The minimum Gasteiger partial charge on any atom is -0.307 e. The van der Waals surface area contributed by atoms with Crippen LogP contribution in [-0.2, 0) is 4.79 Å². The van der Waals surface area contributed by atoms with Gasteiger partial charge in [-0.2, -0.15) is 0 Å². The van der Waals surface area contributed by atoms with E-state index in [0.29, 0.717) is 12.8 Å². The van der Waals surface area contributed by atoms with Crippen LogP contribution >= 0.6 is 11.6 Å². The van der Waals surface area contributed by atoms with E-state index in [2.05, 4.69) is 4.90 Å². The number of nitrogens with zero attached hydrogens (tertiary/aromatic N) is 2. The number of likely N-dealkylation sites (tertiary alicyclic amines) is 1. The lowest BCUT2D eigenvalue weighted by atomic mass is 10.1. The van der Waals surface area contributed by atoms with Crippen LogP contribution in [-0.4, -0.2) is 47.5 Å². The summed E-state index contributed by atoms with van der Waals surface area (Å²) in [4.78, 5) is 17.3. The maximum absolute atomic E-state index is 14.3. The maximum atomic E-state index is 14.3. The number of rotatable bonds is 4. The number of halogens is 2. The molecule has 1 aromatic carbocycles. The molecule has 5 atom stereocenters. The number of amides is 1. The van der Waals surface area contributed by atoms with Gasteiger partial charge in [-0.05, 0) is 50.9 Å². The Morgan fingerprint density at radius 1 is 1.12 bits per heavy atom. The van der Waals surface area contributed by atoms with Gasteiger partial charge in [0.1, 0.15) is 6.17 Å². The lowest BCUT2D eigenvalue weighted by Crippen LogP contribution is -2.51. The summed E-state index contributed by atoms with van der Waals surface area (Å²) >= 11 is 6.15. The van der Waals surface area contributed by atoms with Crippen LogP contribution in [0.1, 0.15) is 32.1 Å². The first kappa shape index (κ1) is 16.3. The maximum Gasteiger partial charge on any atom is 0.231 e. The van der Waals surface area contributed by atoms with Gasteiger partial charge in [-0.3, -0.25) is 9.69 Å². The number of hydrogen-bond donors (Lipinski definition) is 0. The summed E-state index contributed by atoms with van der Waals surface area (Å²) in [7, 11) is 0. The normalized spacial score (nSPS) is 36.0. The Balaban J connectivity index is 1.65. The van der Waals surface area contributed by atoms with E-state index < -0.39 is 6.17 Å². The molecule has 1 saturated heterocycles. The van der Waals surface area contributed by atoms with E-state index in [4.69, 9.17) is 11.6 Å². The summed E-state index contributed by atoms with van der Waals surface area (Å²) in [6.07, 6.45) is 3.23. The van der Waals surface area contributed by atoms with Crippen molar-refractivity contribution in [3.05, 3.63) is 30.3 Å². The molecule has 4 rings (SSSR count). The lowest BCUT2D eigenvalue weighted by molar-refractivity contribution is -0.120. The zero-order valence-electron chi connectivity index (χ0n) is 13.8. The molecule has 1 aliphatic heterocycles. The number of hydrogen-bond acceptors (Lipinski definition) is 2. The first-order chi connectivity index (χ1) is 11.6. The highest BCUT2D eigenvalue weighted by molar-refractivity contribution is 6.25. The van der Waals surface area contributed by atoms with Crippen molar-refractivity contribution in [1.82, 2.24) is 4.90 Å². The minimum absolute atomic E-state index is 0.0588. The van der Waals surface area contributed by atoms with Gasteiger partial charge in [0.15, 0.2) is 0 Å². The van der Waals surface area contributed by atoms with E-state index in [1.54, 1.807) is 0 Å². The minimum atomic E-state index is -0.828. The molecule has 24 heavy (non-hydrogen) atoms. The second kappa shape index (κ2) is 6.64. The molecular weight excluding hydrogens is 327 g/mol. The Morgan fingerprint density at radius 3 is 2.42 bits per heavy atom. The number of anilines is 1. The summed E-state index contributed by atoms with van der Waals surface area (Å²) in [6.45, 7) is 2.04. The average molecular weight is 351 g/mol. The smallest absolute Gasteiger partial charge is 0.231 e. The summed E-state index contributed by atoms with van der Waals surface area (Å²) in [6, 6.07) is 9.77. The van der Waals surface area contributed by atoms with E-state index >= 15 is 0 Å². The molecule has 0 radical (unpaired) electrons. The Bertz CT molecular complexity index is 592. The largest absolute Gasteiger partial charge is 0.307 e. The van der Waals surface area contributed by atoms with Gasteiger partial charge in [0.05, 0.1) is 12.0 Å². The van der Waals surface area contributed by atoms with Crippen molar-refractivity contribution < 1.29 is 9.18 Å². The topological polar surface area (TPSA) is 23.6 Å². The van der Waals surface area contributed by atoms with Crippen molar-refractivity contribution in [3.63, 3.8) is 0 Å². The first-order valence-electron chi connectivity index (χ1n) is 9.05. The van der Waals surface area contributed by atoms with Gasteiger partial charge in [0, 0.05) is 23.5 Å². The molecule has 3 nitrogen and oxygen atoms in total. The van der Waals surface area contributed by atoms with Crippen molar-refractivity contribution in [2.45, 2.75) is 55.7 Å². The van der Waals surface area contributed by atoms with Crippen LogP contribution in [0.15, 0.2) is 30.3 Å². The number of carbonyl (C=O) groups is 1. The number of alkyl halides is 2. The molecule has 3 aliphatic rings. The van der Waals surface area contributed by atoms with Gasteiger partial charge in [-0.25, -0.2) is 4.39 Å². The van der Waals surface area contributed by atoms with E-state index in [0.717, 1.165) is 25.2 Å². The predicted octanol–water partition coefficient (Wildman–Crippen LogP) is 3.61. The molecular formula is C19H24ClFN2O. The van der Waals surface area contributed by atoms with Crippen LogP contribution in [0, 0.1) is 5.92 Å². The van der Waals surface area contributed by atoms with Crippen LogP contribution < -0.4 is 4.90 Å². The van der Waals surface area contributed by atoms with Crippen LogP contribution in [0.3, 0.4) is 0 Å². The fourth-order valence-electron chi connectivity index (χ4n) is 4.35. The molecule has 3 fully saturated rings. The zero-order valence-corrected chi connectivity index (χ0v) is 14.5. The fourth-order valence-corrected chi connectivity index (χ4v) is 4.65. The van der Waals surface area contributed by atoms with Crippen molar-refractivity contribution >= 4 is 23.2 Å². The average Bonchev–Trinajstić information content (AvgIpc) is 2.98. The SMILES string of the molecule is O=C(C1CC1Cl)N(c1ccccc1)C1CC(F)CC1N1CCCC1. The van der Waals surface area contributed by atoms with Crippen LogP contribution in [0.25, 0.3) is 0 Å². The Labute approximate surface area is 147 Å². The van der Waals surface area contributed by atoms with E-state index in [-0.39, 0.29) is 29.3 Å². The lowest BCUT2D eigenvalue weighted by Gasteiger charge is -2.37. The van der Waals surface area contributed by atoms with Crippen LogP contribution in [0.4, 0.5) is 10.1 Å². The summed E-state index contributed by atoms with van der Waals surface area (Å²) < 4.78 is 14.3. The van der Waals surface area contributed by atoms with E-state index in [9.17, 15) is 9.18 Å². The monoisotopic (exact) mass is 350 g/mol. The predicted molar refractivity (Wildman–Crippen MR) is 94.2 cm³/mol. The van der Waals surface area contributed by atoms with E-state index in [1.807, 2.05) is 35.2 Å². The van der Waals surface area contributed by atoms with Gasteiger partial charge in [0.2, 0.25) is 5.91 Å².